The number of hydrogen-bond acceptors (Lipinski definition) is 8. The van der Waals surface area contributed by atoms with Crippen molar-refractivity contribution in [2.75, 3.05) is 20.3 Å². The lowest BCUT2D eigenvalue weighted by atomic mass is 9.95. The van der Waals surface area contributed by atoms with Crippen LogP contribution in [0, 0.1) is 0 Å². The van der Waals surface area contributed by atoms with Crippen molar-refractivity contribution in [2.24, 2.45) is 5.10 Å². The molecule has 0 saturated carbocycles. The second-order valence-corrected chi connectivity index (χ2v) is 10.7. The number of carbonyl (C=O) groups is 2. The highest BCUT2D eigenvalue weighted by Crippen LogP contribution is 2.35. The molecule has 0 saturated heterocycles. The Morgan fingerprint density at radius 1 is 1.13 bits per heavy atom. The Hall–Kier alpha value is -5.00. The largest absolute Gasteiger partial charge is 0.490 e. The average molecular weight is 632 g/mol. The van der Waals surface area contributed by atoms with Crippen LogP contribution in [-0.2, 0) is 16.1 Å². The van der Waals surface area contributed by atoms with Crippen LogP contribution in [0.25, 0.3) is 10.9 Å². The molecular formula is C33H34ClN5O6. The second-order valence-electron chi connectivity index (χ2n) is 10.3. The maximum Gasteiger partial charge on any atom is 0.337 e. The molecule has 1 aliphatic heterocycles. The SMILES string of the molecule is CCOc1cc([C@H]2NC(=O)NC(C)=C2C(=O)OC)ccc1OC[C@@H](O)N/N=C/c1cn(Cc2cccc(Cl)c2)c2ccccc12. The van der Waals surface area contributed by atoms with Crippen LogP contribution in [0.4, 0.5) is 4.79 Å². The molecule has 0 unspecified atom stereocenters. The van der Waals surface area contributed by atoms with E-state index < -0.39 is 24.3 Å². The number of halogens is 1. The number of carbonyl (C=O) groups excluding carboxylic acids is 2. The molecule has 0 radical (unpaired) electrons. The molecular weight excluding hydrogens is 598 g/mol. The van der Waals surface area contributed by atoms with Crippen LogP contribution >= 0.6 is 11.6 Å². The zero-order valence-electron chi connectivity index (χ0n) is 25.0. The lowest BCUT2D eigenvalue weighted by molar-refractivity contribution is -0.136. The number of fused-ring (bicyclic) bond motifs is 1. The Kier molecular flexibility index (Phi) is 9.91. The highest BCUT2D eigenvalue weighted by molar-refractivity contribution is 6.30. The average Bonchev–Trinajstić information content (AvgIpc) is 3.36. The van der Waals surface area contributed by atoms with Gasteiger partial charge >= 0.3 is 12.0 Å². The van der Waals surface area contributed by atoms with Crippen molar-refractivity contribution in [3.05, 3.63) is 106 Å². The summed E-state index contributed by atoms with van der Waals surface area (Å²) in [6.07, 6.45) is 2.53. The number of aromatic nitrogens is 1. The number of allylic oxidation sites excluding steroid dienone is 1. The van der Waals surface area contributed by atoms with Gasteiger partial charge in [0.15, 0.2) is 17.7 Å². The fraction of sp³-hybridized carbons (Fsp3) is 0.242. The summed E-state index contributed by atoms with van der Waals surface area (Å²) in [5.41, 5.74) is 6.97. The molecule has 1 aromatic heterocycles. The van der Waals surface area contributed by atoms with Gasteiger partial charge in [-0.3, -0.25) is 5.43 Å². The first-order chi connectivity index (χ1) is 21.8. The number of aliphatic hydroxyl groups is 1. The lowest BCUT2D eigenvalue weighted by Crippen LogP contribution is -2.45. The summed E-state index contributed by atoms with van der Waals surface area (Å²) in [5, 5.41) is 21.9. The number of amides is 2. The number of para-hydroxylation sites is 1. The number of ether oxygens (including phenoxy) is 3. The number of nitrogens with zero attached hydrogens (tertiary/aromatic N) is 2. The van der Waals surface area contributed by atoms with Gasteiger partial charge in [0.1, 0.15) is 6.61 Å². The van der Waals surface area contributed by atoms with Crippen molar-refractivity contribution in [3.63, 3.8) is 0 Å². The molecule has 2 atom stereocenters. The van der Waals surface area contributed by atoms with E-state index in [2.05, 4.69) is 25.7 Å². The smallest absolute Gasteiger partial charge is 0.337 e. The minimum Gasteiger partial charge on any atom is -0.490 e. The summed E-state index contributed by atoms with van der Waals surface area (Å²) in [6, 6.07) is 19.6. The molecule has 1 aliphatic rings. The van der Waals surface area contributed by atoms with Crippen molar-refractivity contribution in [3.8, 4) is 11.5 Å². The summed E-state index contributed by atoms with van der Waals surface area (Å²) >= 11 is 6.18. The van der Waals surface area contributed by atoms with Gasteiger partial charge in [0.05, 0.1) is 31.5 Å². The molecule has 3 aromatic carbocycles. The van der Waals surface area contributed by atoms with Gasteiger partial charge in [0.2, 0.25) is 0 Å². The number of rotatable bonds is 12. The van der Waals surface area contributed by atoms with Crippen LogP contribution in [0.5, 0.6) is 11.5 Å². The number of methoxy groups -OCH3 is 1. The molecule has 0 aliphatic carbocycles. The Bertz CT molecular complexity index is 1770. The number of nitrogens with one attached hydrogen (secondary N) is 3. The molecule has 0 fully saturated rings. The number of esters is 1. The predicted octanol–water partition coefficient (Wildman–Crippen LogP) is 4.86. The van der Waals surface area contributed by atoms with E-state index in [1.807, 2.05) is 61.7 Å². The highest BCUT2D eigenvalue weighted by atomic mass is 35.5. The first-order valence-corrected chi connectivity index (χ1v) is 14.7. The van der Waals surface area contributed by atoms with Crippen molar-refractivity contribution < 1.29 is 28.9 Å². The molecule has 4 aromatic rings. The third-order valence-corrected chi connectivity index (χ3v) is 7.40. The number of hydrogen-bond donors (Lipinski definition) is 4. The zero-order valence-corrected chi connectivity index (χ0v) is 25.8. The monoisotopic (exact) mass is 631 g/mol. The van der Waals surface area contributed by atoms with Gasteiger partial charge < -0.3 is 34.5 Å². The standard InChI is InChI=1S/C33H34ClN5O6/c1-4-44-28-15-22(31-30(32(41)43-3)20(2)36-33(42)37-31)12-13-27(28)45-19-29(40)38-35-16-23-18-39(26-11-6-5-10-25(23)26)17-21-8-7-9-24(34)14-21/h5-16,18,29,31,38,40H,4,17,19H2,1-3H3,(H2,36,37,42)/b35-16+/t29-,31-/m1/s1. The number of hydrazone groups is 1. The third-order valence-electron chi connectivity index (χ3n) is 7.16. The molecule has 11 nitrogen and oxygen atoms in total. The van der Waals surface area contributed by atoms with Crippen molar-refractivity contribution in [1.29, 1.82) is 0 Å². The third kappa shape index (κ3) is 7.39. The molecule has 2 heterocycles. The predicted molar refractivity (Wildman–Crippen MR) is 171 cm³/mol. The van der Waals surface area contributed by atoms with Crippen LogP contribution < -0.4 is 25.5 Å². The van der Waals surface area contributed by atoms with E-state index in [9.17, 15) is 14.7 Å². The van der Waals surface area contributed by atoms with Gasteiger partial charge in [0.25, 0.3) is 0 Å². The topological polar surface area (TPSA) is 135 Å². The number of urea groups is 1. The van der Waals surface area contributed by atoms with E-state index >= 15 is 0 Å². The molecule has 12 heteroatoms. The first kappa shape index (κ1) is 31.4. The summed E-state index contributed by atoms with van der Waals surface area (Å²) in [5.74, 6) is 0.187. The van der Waals surface area contributed by atoms with Gasteiger partial charge in [-0.25, -0.2) is 9.59 Å². The zero-order chi connectivity index (χ0) is 31.9. The van der Waals surface area contributed by atoms with Crippen LogP contribution in [0.1, 0.15) is 36.6 Å². The van der Waals surface area contributed by atoms with E-state index in [1.54, 1.807) is 31.3 Å². The van der Waals surface area contributed by atoms with Gasteiger partial charge in [-0.05, 0) is 55.3 Å². The van der Waals surface area contributed by atoms with Crippen molar-refractivity contribution in [2.45, 2.75) is 32.7 Å². The van der Waals surface area contributed by atoms with E-state index in [1.165, 1.54) is 7.11 Å². The maximum absolute atomic E-state index is 12.5. The molecule has 2 amide bonds. The maximum atomic E-state index is 12.5. The van der Waals surface area contributed by atoms with E-state index in [4.69, 9.17) is 25.8 Å². The van der Waals surface area contributed by atoms with Crippen molar-refractivity contribution >= 4 is 40.7 Å². The Morgan fingerprint density at radius 2 is 1.96 bits per heavy atom. The Morgan fingerprint density at radius 3 is 2.73 bits per heavy atom. The quantitative estimate of drug-likeness (QED) is 0.0759. The molecule has 0 spiro atoms. The van der Waals surface area contributed by atoms with Crippen molar-refractivity contribution in [1.82, 2.24) is 20.6 Å². The Labute approximate surface area is 265 Å². The normalized spacial score (nSPS) is 15.5. The highest BCUT2D eigenvalue weighted by Gasteiger charge is 2.32. The fourth-order valence-corrected chi connectivity index (χ4v) is 5.37. The van der Waals surface area contributed by atoms with Gasteiger partial charge in [-0.2, -0.15) is 5.10 Å². The van der Waals surface area contributed by atoms with Gasteiger partial charge in [-0.15, -0.1) is 0 Å². The molecule has 0 bridgehead atoms. The van der Waals surface area contributed by atoms with Crippen LogP contribution in [0.15, 0.2) is 89.3 Å². The molecule has 5 rings (SSSR count). The summed E-state index contributed by atoms with van der Waals surface area (Å²) in [4.78, 5) is 24.7. The first-order valence-electron chi connectivity index (χ1n) is 14.3. The minimum absolute atomic E-state index is 0.135. The fourth-order valence-electron chi connectivity index (χ4n) is 5.16. The number of benzene rings is 3. The van der Waals surface area contributed by atoms with E-state index in [0.29, 0.717) is 40.9 Å². The van der Waals surface area contributed by atoms with Gasteiger partial charge in [0, 0.05) is 39.9 Å². The van der Waals surface area contributed by atoms with E-state index in [0.717, 1.165) is 22.0 Å². The number of aliphatic hydroxyl groups excluding tert-OH is 1. The lowest BCUT2D eigenvalue weighted by Gasteiger charge is -2.28. The molecule has 234 valence electrons. The van der Waals surface area contributed by atoms with Crippen LogP contribution in [0.2, 0.25) is 5.02 Å². The summed E-state index contributed by atoms with van der Waals surface area (Å²) < 4.78 is 18.7. The molecule has 4 N–H and O–H groups in total. The van der Waals surface area contributed by atoms with Gasteiger partial charge in [-0.1, -0.05) is 48.0 Å². The Balaban J connectivity index is 1.26. The van der Waals surface area contributed by atoms with Crippen LogP contribution in [0.3, 0.4) is 0 Å². The van der Waals surface area contributed by atoms with E-state index in [-0.39, 0.29) is 12.2 Å². The van der Waals surface area contributed by atoms with Crippen LogP contribution in [-0.4, -0.2) is 54.4 Å². The molecule has 45 heavy (non-hydrogen) atoms. The summed E-state index contributed by atoms with van der Waals surface area (Å²) in [6.45, 7) is 4.30. The minimum atomic E-state index is -1.13. The summed E-state index contributed by atoms with van der Waals surface area (Å²) in [7, 11) is 1.28. The second kappa shape index (κ2) is 14.2.